The van der Waals surface area contributed by atoms with Gasteiger partial charge in [-0.2, -0.15) is 0 Å². The summed E-state index contributed by atoms with van der Waals surface area (Å²) in [6.45, 7) is 8.66. The van der Waals surface area contributed by atoms with Crippen LogP contribution in [0.4, 0.5) is 5.69 Å². The average Bonchev–Trinajstić information content (AvgIpc) is 3.22. The molecule has 6 nitrogen and oxygen atoms in total. The summed E-state index contributed by atoms with van der Waals surface area (Å²) in [5.74, 6) is 1.41. The second-order valence-corrected chi connectivity index (χ2v) is 9.96. The van der Waals surface area contributed by atoms with E-state index in [1.807, 2.05) is 0 Å². The molecule has 1 heterocycles. The van der Waals surface area contributed by atoms with Crippen molar-refractivity contribution >= 4 is 17.4 Å². The summed E-state index contributed by atoms with van der Waals surface area (Å²) in [6, 6.07) is 23.4. The fourth-order valence-corrected chi connectivity index (χ4v) is 4.37. The number of nitro groups is 1. The van der Waals surface area contributed by atoms with Crippen molar-refractivity contribution < 1.29 is 4.92 Å². The number of hydrogen-bond acceptors (Lipinski definition) is 5. The summed E-state index contributed by atoms with van der Waals surface area (Å²) >= 11 is 1.56. The van der Waals surface area contributed by atoms with Crippen molar-refractivity contribution in [1.82, 2.24) is 14.8 Å². The molecule has 0 saturated carbocycles. The Labute approximate surface area is 197 Å². The van der Waals surface area contributed by atoms with Crippen LogP contribution in [0.2, 0.25) is 0 Å². The van der Waals surface area contributed by atoms with E-state index in [9.17, 15) is 10.1 Å². The Morgan fingerprint density at radius 2 is 1.55 bits per heavy atom. The van der Waals surface area contributed by atoms with Gasteiger partial charge >= 0.3 is 0 Å². The van der Waals surface area contributed by atoms with Gasteiger partial charge in [-0.05, 0) is 35.6 Å². The zero-order chi connectivity index (χ0) is 23.6. The normalized spacial score (nSPS) is 11.5. The van der Waals surface area contributed by atoms with Gasteiger partial charge in [0.1, 0.15) is 0 Å². The highest BCUT2D eigenvalue weighted by atomic mass is 32.2. The molecule has 4 rings (SSSR count). The number of rotatable bonds is 6. The first kappa shape index (κ1) is 22.7. The fourth-order valence-electron chi connectivity index (χ4n) is 3.46. The summed E-state index contributed by atoms with van der Waals surface area (Å²) in [5, 5.41) is 20.7. The first-order valence-corrected chi connectivity index (χ1v) is 11.7. The van der Waals surface area contributed by atoms with Gasteiger partial charge in [-0.3, -0.25) is 14.7 Å². The molecule has 3 aromatic carbocycles. The monoisotopic (exact) mass is 458 g/mol. The van der Waals surface area contributed by atoms with Crippen LogP contribution in [0.25, 0.3) is 17.1 Å². The van der Waals surface area contributed by atoms with Gasteiger partial charge in [0.05, 0.1) is 4.92 Å². The van der Waals surface area contributed by atoms with E-state index < -0.39 is 0 Å². The van der Waals surface area contributed by atoms with Gasteiger partial charge in [-0.15, -0.1) is 10.2 Å². The molecule has 0 fully saturated rings. The lowest BCUT2D eigenvalue weighted by atomic mass is 9.87. The minimum Gasteiger partial charge on any atom is -0.270 e. The minimum atomic E-state index is -0.387. The van der Waals surface area contributed by atoms with Crippen LogP contribution in [0.5, 0.6) is 0 Å². The van der Waals surface area contributed by atoms with Gasteiger partial charge in [-0.1, -0.05) is 86.6 Å². The molecule has 0 spiro atoms. The molecule has 1 aromatic heterocycles. The summed E-state index contributed by atoms with van der Waals surface area (Å²) in [4.78, 5) is 10.5. The van der Waals surface area contributed by atoms with Crippen molar-refractivity contribution in [2.75, 3.05) is 0 Å². The average molecular weight is 459 g/mol. The van der Waals surface area contributed by atoms with E-state index in [1.54, 1.807) is 23.9 Å². The summed E-state index contributed by atoms with van der Waals surface area (Å²) in [7, 11) is 0. The molecular formula is C26H26N4O2S. The van der Waals surface area contributed by atoms with Crippen molar-refractivity contribution in [2.45, 2.75) is 44.0 Å². The SMILES string of the molecule is Cc1ccc(-n2c(SCc3ccc([N+](=O)[O-])cc3)nnc2-c2ccc(C(C)(C)C)cc2)cc1. The Bertz CT molecular complexity index is 1260. The molecular weight excluding hydrogens is 432 g/mol. The third-order valence-corrected chi connectivity index (χ3v) is 6.45. The van der Waals surface area contributed by atoms with E-state index in [1.165, 1.54) is 23.3 Å². The van der Waals surface area contributed by atoms with Gasteiger partial charge in [0.2, 0.25) is 0 Å². The standard InChI is InChI=1S/C26H26N4O2S/c1-18-5-13-22(14-6-18)29-24(20-9-11-21(12-10-20)26(2,3)4)27-28-25(29)33-17-19-7-15-23(16-8-19)30(31)32/h5-16H,17H2,1-4H3. The number of benzene rings is 3. The largest absolute Gasteiger partial charge is 0.270 e. The maximum atomic E-state index is 10.9. The van der Waals surface area contributed by atoms with Crippen LogP contribution >= 0.6 is 11.8 Å². The molecule has 0 aliphatic carbocycles. The number of aryl methyl sites for hydroxylation is 1. The zero-order valence-corrected chi connectivity index (χ0v) is 20.0. The molecule has 168 valence electrons. The maximum Gasteiger partial charge on any atom is 0.269 e. The van der Waals surface area contributed by atoms with Gasteiger partial charge in [0.15, 0.2) is 11.0 Å². The molecule has 0 unspecified atom stereocenters. The Balaban J connectivity index is 1.68. The van der Waals surface area contributed by atoms with E-state index in [0.29, 0.717) is 5.75 Å². The summed E-state index contributed by atoms with van der Waals surface area (Å²) in [6.07, 6.45) is 0. The number of thioether (sulfide) groups is 1. The molecule has 0 N–H and O–H groups in total. The molecule has 0 amide bonds. The van der Waals surface area contributed by atoms with Gasteiger partial charge in [-0.25, -0.2) is 0 Å². The van der Waals surface area contributed by atoms with Crippen molar-refractivity contribution in [3.8, 4) is 17.1 Å². The molecule has 0 aliphatic rings. The predicted molar refractivity (Wildman–Crippen MR) is 133 cm³/mol. The molecule has 4 aromatic rings. The first-order valence-electron chi connectivity index (χ1n) is 10.7. The van der Waals surface area contributed by atoms with E-state index >= 15 is 0 Å². The van der Waals surface area contributed by atoms with E-state index in [0.717, 1.165) is 27.8 Å². The van der Waals surface area contributed by atoms with Crippen molar-refractivity contribution in [2.24, 2.45) is 0 Å². The van der Waals surface area contributed by atoms with Gasteiger partial charge in [0.25, 0.3) is 5.69 Å². The lowest BCUT2D eigenvalue weighted by Crippen LogP contribution is -2.10. The molecule has 7 heteroatoms. The second-order valence-electron chi connectivity index (χ2n) is 9.02. The van der Waals surface area contributed by atoms with Crippen LogP contribution in [0, 0.1) is 17.0 Å². The number of hydrogen-bond donors (Lipinski definition) is 0. The van der Waals surface area contributed by atoms with Crippen LogP contribution in [0.1, 0.15) is 37.5 Å². The Morgan fingerprint density at radius 3 is 2.12 bits per heavy atom. The van der Waals surface area contributed by atoms with E-state index in [2.05, 4.69) is 91.0 Å². The molecule has 0 aliphatic heterocycles. The first-order chi connectivity index (χ1) is 15.7. The van der Waals surface area contributed by atoms with Gasteiger partial charge in [0, 0.05) is 29.1 Å². The number of nitro benzene ring substituents is 1. The smallest absolute Gasteiger partial charge is 0.269 e. The van der Waals surface area contributed by atoms with Crippen LogP contribution < -0.4 is 0 Å². The lowest BCUT2D eigenvalue weighted by molar-refractivity contribution is -0.384. The van der Waals surface area contributed by atoms with Crippen molar-refractivity contribution in [3.05, 3.63) is 99.6 Å². The highest BCUT2D eigenvalue weighted by molar-refractivity contribution is 7.98. The fraction of sp³-hybridized carbons (Fsp3) is 0.231. The molecule has 33 heavy (non-hydrogen) atoms. The van der Waals surface area contributed by atoms with Crippen LogP contribution in [-0.4, -0.2) is 19.7 Å². The highest BCUT2D eigenvalue weighted by Crippen LogP contribution is 2.31. The quantitative estimate of drug-likeness (QED) is 0.182. The number of aromatic nitrogens is 3. The third-order valence-electron chi connectivity index (χ3n) is 5.45. The zero-order valence-electron chi connectivity index (χ0n) is 19.1. The van der Waals surface area contributed by atoms with Crippen LogP contribution in [0.3, 0.4) is 0 Å². The molecule has 0 atom stereocenters. The Kier molecular flexibility index (Phi) is 6.33. The second kappa shape index (κ2) is 9.19. The Hall–Kier alpha value is -3.45. The molecule has 0 saturated heterocycles. The summed E-state index contributed by atoms with van der Waals surface area (Å²) in [5.41, 5.74) is 5.59. The number of non-ortho nitro benzene ring substituents is 1. The van der Waals surface area contributed by atoms with Crippen molar-refractivity contribution in [3.63, 3.8) is 0 Å². The lowest BCUT2D eigenvalue weighted by Gasteiger charge is -2.19. The minimum absolute atomic E-state index is 0.0783. The van der Waals surface area contributed by atoms with E-state index in [4.69, 9.17) is 0 Å². The number of nitrogens with zero attached hydrogens (tertiary/aromatic N) is 4. The molecule has 0 bridgehead atoms. The Morgan fingerprint density at radius 1 is 0.909 bits per heavy atom. The molecule has 0 radical (unpaired) electrons. The predicted octanol–water partition coefficient (Wildman–Crippen LogP) is 6.74. The third kappa shape index (κ3) is 5.14. The van der Waals surface area contributed by atoms with Crippen LogP contribution in [0.15, 0.2) is 78.0 Å². The summed E-state index contributed by atoms with van der Waals surface area (Å²) < 4.78 is 2.07. The van der Waals surface area contributed by atoms with Crippen LogP contribution in [-0.2, 0) is 11.2 Å². The van der Waals surface area contributed by atoms with Gasteiger partial charge < -0.3 is 0 Å². The van der Waals surface area contributed by atoms with Crippen molar-refractivity contribution in [1.29, 1.82) is 0 Å². The van der Waals surface area contributed by atoms with E-state index in [-0.39, 0.29) is 16.0 Å². The topological polar surface area (TPSA) is 73.8 Å². The highest BCUT2D eigenvalue weighted by Gasteiger charge is 2.18. The maximum absolute atomic E-state index is 10.9.